The number of likely N-dealkylation sites (tertiary alicyclic amines) is 1. The van der Waals surface area contributed by atoms with Crippen molar-refractivity contribution < 1.29 is 4.39 Å². The molecule has 0 radical (unpaired) electrons. The fraction of sp³-hybridized carbons (Fsp3) is 0.267. The lowest BCUT2D eigenvalue weighted by Crippen LogP contribution is -2.48. The predicted octanol–water partition coefficient (Wildman–Crippen LogP) is 7.81. The van der Waals surface area contributed by atoms with Gasteiger partial charge in [-0.25, -0.2) is 4.39 Å². The second kappa shape index (κ2) is 12.7. The van der Waals surface area contributed by atoms with Gasteiger partial charge in [0.25, 0.3) is 0 Å². The van der Waals surface area contributed by atoms with Gasteiger partial charge in [0, 0.05) is 53.2 Å². The molecule has 43 heavy (non-hydrogen) atoms. The van der Waals surface area contributed by atoms with Crippen LogP contribution >= 0.6 is 46.1 Å². The van der Waals surface area contributed by atoms with Crippen molar-refractivity contribution in [2.45, 2.75) is 31.8 Å². The summed E-state index contributed by atoms with van der Waals surface area (Å²) in [6, 6.07) is 14.2. The SMILES string of the molecule is CCN1CCC(N2C=C([C@@H](Nc3cc(Cl)c4ncc(C#N)c(Nc5ccc(F)c(Cl)c5)c4c3)c3ccc(Cl)s3)NN2)CC1. The lowest BCUT2D eigenvalue weighted by atomic mass is 10.0. The normalized spacial score (nSPS) is 16.6. The molecule has 0 saturated carbocycles. The smallest absolute Gasteiger partial charge is 0.141 e. The first kappa shape index (κ1) is 29.8. The number of hydrogen-bond acceptors (Lipinski definition) is 9. The van der Waals surface area contributed by atoms with Crippen LogP contribution in [0.5, 0.6) is 0 Å². The van der Waals surface area contributed by atoms with E-state index in [-0.39, 0.29) is 11.1 Å². The summed E-state index contributed by atoms with van der Waals surface area (Å²) < 4.78 is 14.5. The number of halogens is 4. The summed E-state index contributed by atoms with van der Waals surface area (Å²) >= 11 is 20.6. The Bertz CT molecular complexity index is 1730. The highest BCUT2D eigenvalue weighted by molar-refractivity contribution is 7.16. The standard InChI is InChI=1S/C30H28Cl3FN8S/c1-2-41-9-7-20(8-10-41)42-16-25(39-40-42)30(26-5-6-27(33)43-26)38-19-11-21-28(37-18-3-4-24(34)22(31)12-18)17(14-35)15-36-29(21)23(32)13-19/h3-6,11-13,15-16,20,30,38-40H,2,7-10H2,1H3,(H,36,37)/t30-/m1/s1. The van der Waals surface area contributed by atoms with Crippen LogP contribution in [0.3, 0.4) is 0 Å². The zero-order chi connectivity index (χ0) is 30.1. The first-order valence-electron chi connectivity index (χ1n) is 13.8. The van der Waals surface area contributed by atoms with Crippen LogP contribution in [-0.4, -0.2) is 40.6 Å². The molecular weight excluding hydrogens is 630 g/mol. The number of fused-ring (bicyclic) bond motifs is 1. The summed E-state index contributed by atoms with van der Waals surface area (Å²) in [5, 5.41) is 19.9. The number of anilines is 3. The Morgan fingerprint density at radius 1 is 1.12 bits per heavy atom. The molecule has 0 unspecified atom stereocenters. The molecule has 1 saturated heterocycles. The van der Waals surface area contributed by atoms with Crippen molar-refractivity contribution >= 4 is 74.1 Å². The fourth-order valence-electron chi connectivity index (χ4n) is 5.43. The van der Waals surface area contributed by atoms with Crippen LogP contribution in [-0.2, 0) is 0 Å². The average molecular weight is 658 g/mol. The first-order chi connectivity index (χ1) is 20.8. The van der Waals surface area contributed by atoms with E-state index in [4.69, 9.17) is 34.8 Å². The van der Waals surface area contributed by atoms with Gasteiger partial charge in [0.05, 0.1) is 36.8 Å². The number of hydrazine groups is 2. The molecule has 1 fully saturated rings. The Labute approximate surface area is 268 Å². The Kier molecular flexibility index (Phi) is 8.82. The number of aromatic nitrogens is 1. The molecule has 13 heteroatoms. The molecule has 2 aliphatic heterocycles. The molecule has 0 aliphatic carbocycles. The van der Waals surface area contributed by atoms with Gasteiger partial charge in [-0.15, -0.1) is 16.9 Å². The van der Waals surface area contributed by atoms with Crippen LogP contribution in [0.25, 0.3) is 10.9 Å². The molecule has 0 amide bonds. The zero-order valence-corrected chi connectivity index (χ0v) is 26.2. The van der Waals surface area contributed by atoms with Crippen LogP contribution in [0, 0.1) is 17.1 Å². The number of pyridine rings is 1. The van der Waals surface area contributed by atoms with Gasteiger partial charge in [-0.3, -0.25) is 9.99 Å². The van der Waals surface area contributed by atoms with Gasteiger partial charge >= 0.3 is 0 Å². The highest BCUT2D eigenvalue weighted by Crippen LogP contribution is 2.39. The van der Waals surface area contributed by atoms with E-state index in [1.165, 1.54) is 29.7 Å². The maximum Gasteiger partial charge on any atom is 0.141 e. The van der Waals surface area contributed by atoms with E-state index < -0.39 is 5.82 Å². The summed E-state index contributed by atoms with van der Waals surface area (Å²) in [6.07, 6.45) is 5.71. The van der Waals surface area contributed by atoms with Crippen molar-refractivity contribution in [3.8, 4) is 6.07 Å². The van der Waals surface area contributed by atoms with E-state index in [1.54, 1.807) is 6.07 Å². The number of thiophene rings is 1. The van der Waals surface area contributed by atoms with Crippen LogP contribution < -0.4 is 21.6 Å². The number of hydrogen-bond donors (Lipinski definition) is 4. The van der Waals surface area contributed by atoms with E-state index in [0.717, 1.165) is 43.1 Å². The van der Waals surface area contributed by atoms with Crippen molar-refractivity contribution in [3.63, 3.8) is 0 Å². The average Bonchev–Trinajstić information content (AvgIpc) is 3.68. The highest BCUT2D eigenvalue weighted by Gasteiger charge is 2.29. The highest BCUT2D eigenvalue weighted by atomic mass is 35.5. The molecule has 2 aromatic heterocycles. The van der Waals surface area contributed by atoms with Gasteiger partial charge in [0.1, 0.15) is 17.9 Å². The van der Waals surface area contributed by atoms with E-state index in [2.05, 4.69) is 55.7 Å². The molecule has 1 atom stereocenters. The van der Waals surface area contributed by atoms with Crippen molar-refractivity contribution in [1.82, 2.24) is 25.9 Å². The maximum absolute atomic E-state index is 13.8. The minimum absolute atomic E-state index is 0.0318. The Balaban J connectivity index is 1.35. The second-order valence-electron chi connectivity index (χ2n) is 10.4. The second-order valence-corrected chi connectivity index (χ2v) is 12.9. The molecule has 4 aromatic rings. The molecular formula is C30H28Cl3FN8S. The number of nitrogens with zero attached hydrogens (tertiary/aromatic N) is 4. The Morgan fingerprint density at radius 2 is 1.91 bits per heavy atom. The van der Waals surface area contributed by atoms with Gasteiger partial charge in [-0.05, 0) is 61.9 Å². The monoisotopic (exact) mass is 656 g/mol. The van der Waals surface area contributed by atoms with Crippen LogP contribution in [0.15, 0.2) is 60.6 Å². The maximum atomic E-state index is 13.8. The fourth-order valence-corrected chi connectivity index (χ4v) is 7.01. The molecule has 6 rings (SSSR count). The minimum atomic E-state index is -0.532. The van der Waals surface area contributed by atoms with Gasteiger partial charge < -0.3 is 21.0 Å². The van der Waals surface area contributed by atoms with Crippen molar-refractivity contribution in [2.75, 3.05) is 30.3 Å². The summed E-state index contributed by atoms with van der Waals surface area (Å²) in [6.45, 7) is 5.41. The van der Waals surface area contributed by atoms with Gasteiger partial charge in [-0.1, -0.05) is 41.7 Å². The lowest BCUT2D eigenvalue weighted by Gasteiger charge is -2.35. The first-order valence-corrected chi connectivity index (χ1v) is 15.8. The number of nitrogens with one attached hydrogen (secondary N) is 4. The quantitative estimate of drug-likeness (QED) is 0.153. The molecule has 2 aliphatic rings. The lowest BCUT2D eigenvalue weighted by molar-refractivity contribution is 0.112. The van der Waals surface area contributed by atoms with Crippen molar-refractivity contribution in [1.29, 1.82) is 5.26 Å². The summed E-state index contributed by atoms with van der Waals surface area (Å²) in [5.74, 6) is -0.532. The Morgan fingerprint density at radius 3 is 2.60 bits per heavy atom. The van der Waals surface area contributed by atoms with E-state index in [1.807, 2.05) is 24.3 Å². The molecule has 4 heterocycles. The number of piperidine rings is 1. The third kappa shape index (κ3) is 6.34. The summed E-state index contributed by atoms with van der Waals surface area (Å²) in [4.78, 5) is 7.92. The van der Waals surface area contributed by atoms with Crippen LogP contribution in [0.4, 0.5) is 21.5 Å². The molecule has 2 aromatic carbocycles. The number of benzene rings is 2. The Hall–Kier alpha value is -3.30. The largest absolute Gasteiger partial charge is 0.372 e. The molecule has 4 N–H and O–H groups in total. The molecule has 0 bridgehead atoms. The molecule has 8 nitrogen and oxygen atoms in total. The number of rotatable bonds is 8. The van der Waals surface area contributed by atoms with E-state index >= 15 is 0 Å². The van der Waals surface area contributed by atoms with Gasteiger partial charge in [0.15, 0.2) is 0 Å². The van der Waals surface area contributed by atoms with Crippen LogP contribution in [0.1, 0.15) is 36.2 Å². The van der Waals surface area contributed by atoms with Crippen molar-refractivity contribution in [3.05, 3.63) is 91.2 Å². The third-order valence-corrected chi connectivity index (χ3v) is 9.61. The van der Waals surface area contributed by atoms with Crippen LogP contribution in [0.2, 0.25) is 14.4 Å². The van der Waals surface area contributed by atoms with Gasteiger partial charge in [-0.2, -0.15) is 5.26 Å². The summed E-state index contributed by atoms with van der Waals surface area (Å²) in [7, 11) is 0. The molecule has 0 spiro atoms. The third-order valence-electron chi connectivity index (χ3n) is 7.74. The zero-order valence-electron chi connectivity index (χ0n) is 23.1. The molecule has 222 valence electrons. The van der Waals surface area contributed by atoms with Crippen molar-refractivity contribution in [2.24, 2.45) is 0 Å². The van der Waals surface area contributed by atoms with E-state index in [9.17, 15) is 9.65 Å². The summed E-state index contributed by atoms with van der Waals surface area (Å²) in [5.41, 5.74) is 10.2. The number of nitriles is 1. The predicted molar refractivity (Wildman–Crippen MR) is 173 cm³/mol. The minimum Gasteiger partial charge on any atom is -0.372 e. The van der Waals surface area contributed by atoms with E-state index in [0.29, 0.717) is 48.9 Å². The van der Waals surface area contributed by atoms with Gasteiger partial charge in [0.2, 0.25) is 0 Å². The topological polar surface area (TPSA) is 91.3 Å².